The number of benzene rings is 1. The third-order valence-corrected chi connectivity index (χ3v) is 2.29. The van der Waals surface area contributed by atoms with Gasteiger partial charge in [-0.3, -0.25) is 4.90 Å². The van der Waals surface area contributed by atoms with Crippen molar-refractivity contribution in [2.24, 2.45) is 0 Å². The first-order chi connectivity index (χ1) is 7.81. The summed E-state index contributed by atoms with van der Waals surface area (Å²) in [5.74, 6) is 0.596. The number of nitrogens with zero attached hydrogens (tertiary/aromatic N) is 2. The molecule has 1 aliphatic heterocycles. The van der Waals surface area contributed by atoms with Crippen LogP contribution < -0.4 is 15.0 Å². The van der Waals surface area contributed by atoms with Crippen molar-refractivity contribution >= 4 is 11.7 Å². The topological polar surface area (TPSA) is 65.4 Å². The number of ether oxygens (including phenoxy) is 1. The van der Waals surface area contributed by atoms with Gasteiger partial charge in [0.25, 0.3) is 0 Å². The molecule has 2 amide bonds. The summed E-state index contributed by atoms with van der Waals surface area (Å²) in [5.41, 5.74) is 0.783. The third-order valence-electron chi connectivity index (χ3n) is 2.29. The molecule has 0 radical (unpaired) electrons. The van der Waals surface area contributed by atoms with Crippen LogP contribution in [0.2, 0.25) is 0 Å². The van der Waals surface area contributed by atoms with Gasteiger partial charge in [0, 0.05) is 24.8 Å². The van der Waals surface area contributed by atoms with Crippen molar-refractivity contribution in [3.63, 3.8) is 0 Å². The summed E-state index contributed by atoms with van der Waals surface area (Å²) in [7, 11) is 0. The largest absolute Gasteiger partial charge is 0.479 e. The van der Waals surface area contributed by atoms with Gasteiger partial charge in [0.15, 0.2) is 6.61 Å². The highest BCUT2D eigenvalue weighted by atomic mass is 16.5. The average Bonchev–Trinajstić information content (AvgIpc) is 2.73. The van der Waals surface area contributed by atoms with Crippen LogP contribution in [0.1, 0.15) is 0 Å². The van der Waals surface area contributed by atoms with Gasteiger partial charge in [-0.15, -0.1) is 0 Å². The molecule has 1 heterocycles. The highest BCUT2D eigenvalue weighted by Gasteiger charge is 2.21. The van der Waals surface area contributed by atoms with Gasteiger partial charge in [-0.25, -0.2) is 4.79 Å². The lowest BCUT2D eigenvalue weighted by Gasteiger charge is -2.14. The third kappa shape index (κ3) is 2.06. The molecule has 0 aromatic heterocycles. The summed E-state index contributed by atoms with van der Waals surface area (Å²) in [6, 6.07) is 8.95. The Bertz CT molecular complexity index is 439. The average molecular weight is 217 g/mol. The van der Waals surface area contributed by atoms with Crippen LogP contribution in [-0.4, -0.2) is 25.7 Å². The van der Waals surface area contributed by atoms with E-state index in [1.54, 1.807) is 23.1 Å². The molecule has 16 heavy (non-hydrogen) atoms. The molecule has 1 aromatic rings. The monoisotopic (exact) mass is 217 g/mol. The molecule has 1 aromatic carbocycles. The van der Waals surface area contributed by atoms with Crippen molar-refractivity contribution < 1.29 is 9.53 Å². The maximum absolute atomic E-state index is 11.4. The van der Waals surface area contributed by atoms with Crippen LogP contribution >= 0.6 is 0 Å². The van der Waals surface area contributed by atoms with Gasteiger partial charge in [-0.2, -0.15) is 5.26 Å². The van der Waals surface area contributed by atoms with E-state index in [2.05, 4.69) is 5.32 Å². The summed E-state index contributed by atoms with van der Waals surface area (Å²) in [6.45, 7) is 1.32. The standard InChI is InChI=1S/C11H11N3O2/c12-4-7-16-10-3-1-2-9(8-10)14-6-5-13-11(14)15/h1-3,8H,5-7H2,(H,13,15). The quantitative estimate of drug-likeness (QED) is 0.825. The molecule has 0 bridgehead atoms. The van der Waals surface area contributed by atoms with Crippen LogP contribution in [0.5, 0.6) is 5.75 Å². The molecule has 0 saturated carbocycles. The second kappa shape index (κ2) is 4.53. The molecule has 2 rings (SSSR count). The maximum Gasteiger partial charge on any atom is 0.321 e. The van der Waals surface area contributed by atoms with Crippen LogP contribution in [0.15, 0.2) is 24.3 Å². The summed E-state index contributed by atoms with van der Waals surface area (Å²) in [6.07, 6.45) is 0. The van der Waals surface area contributed by atoms with E-state index in [-0.39, 0.29) is 12.6 Å². The summed E-state index contributed by atoms with van der Waals surface area (Å²) < 4.78 is 5.17. The van der Waals surface area contributed by atoms with E-state index in [4.69, 9.17) is 10.00 Å². The number of hydrogen-bond donors (Lipinski definition) is 1. The van der Waals surface area contributed by atoms with E-state index in [1.807, 2.05) is 12.1 Å². The molecule has 0 spiro atoms. The lowest BCUT2D eigenvalue weighted by Crippen LogP contribution is -2.27. The van der Waals surface area contributed by atoms with Gasteiger partial charge in [0.05, 0.1) is 0 Å². The molecule has 5 nitrogen and oxygen atoms in total. The lowest BCUT2D eigenvalue weighted by atomic mass is 10.3. The Hall–Kier alpha value is -2.22. The zero-order chi connectivity index (χ0) is 11.4. The molecule has 82 valence electrons. The molecular weight excluding hydrogens is 206 g/mol. The number of hydrogen-bond acceptors (Lipinski definition) is 3. The fourth-order valence-electron chi connectivity index (χ4n) is 1.57. The van der Waals surface area contributed by atoms with Gasteiger partial charge in [-0.05, 0) is 12.1 Å². The number of nitriles is 1. The molecule has 0 unspecified atom stereocenters. The van der Waals surface area contributed by atoms with Gasteiger partial charge in [-0.1, -0.05) is 6.07 Å². The minimum Gasteiger partial charge on any atom is -0.479 e. The van der Waals surface area contributed by atoms with Crippen molar-refractivity contribution in [1.82, 2.24) is 5.32 Å². The number of rotatable bonds is 3. The number of anilines is 1. The zero-order valence-electron chi connectivity index (χ0n) is 8.64. The smallest absolute Gasteiger partial charge is 0.321 e. The van der Waals surface area contributed by atoms with E-state index >= 15 is 0 Å². The first-order valence-electron chi connectivity index (χ1n) is 4.96. The molecule has 1 N–H and O–H groups in total. The van der Waals surface area contributed by atoms with Gasteiger partial charge in [0.2, 0.25) is 0 Å². The summed E-state index contributed by atoms with van der Waals surface area (Å²) in [4.78, 5) is 13.1. The molecule has 1 aliphatic rings. The summed E-state index contributed by atoms with van der Waals surface area (Å²) in [5, 5.41) is 11.1. The fourth-order valence-corrected chi connectivity index (χ4v) is 1.57. The van der Waals surface area contributed by atoms with E-state index in [0.29, 0.717) is 18.8 Å². The highest BCUT2D eigenvalue weighted by Crippen LogP contribution is 2.22. The van der Waals surface area contributed by atoms with Gasteiger partial charge in [0.1, 0.15) is 11.8 Å². The Morgan fingerprint density at radius 3 is 3.12 bits per heavy atom. The van der Waals surface area contributed by atoms with E-state index < -0.39 is 0 Å². The van der Waals surface area contributed by atoms with Gasteiger partial charge < -0.3 is 10.1 Å². The van der Waals surface area contributed by atoms with Crippen molar-refractivity contribution in [3.8, 4) is 11.8 Å². The van der Waals surface area contributed by atoms with Crippen LogP contribution in [0, 0.1) is 11.3 Å². The Labute approximate surface area is 93.2 Å². The molecule has 1 saturated heterocycles. The van der Waals surface area contributed by atoms with Crippen LogP contribution in [0.4, 0.5) is 10.5 Å². The number of carbonyl (C=O) groups excluding carboxylic acids is 1. The SMILES string of the molecule is N#CCOc1cccc(N2CCNC2=O)c1. The minimum atomic E-state index is -0.0996. The highest BCUT2D eigenvalue weighted by molar-refractivity contribution is 5.94. The Morgan fingerprint density at radius 1 is 1.56 bits per heavy atom. The molecule has 0 atom stereocenters. The van der Waals surface area contributed by atoms with E-state index in [1.165, 1.54) is 0 Å². The van der Waals surface area contributed by atoms with Crippen molar-refractivity contribution in [2.75, 3.05) is 24.6 Å². The van der Waals surface area contributed by atoms with Crippen LogP contribution in [0.3, 0.4) is 0 Å². The van der Waals surface area contributed by atoms with E-state index in [9.17, 15) is 4.79 Å². The maximum atomic E-state index is 11.4. The Balaban J connectivity index is 2.15. The molecule has 1 fully saturated rings. The second-order valence-electron chi connectivity index (χ2n) is 3.33. The van der Waals surface area contributed by atoms with Crippen LogP contribution in [-0.2, 0) is 0 Å². The van der Waals surface area contributed by atoms with Crippen molar-refractivity contribution in [2.45, 2.75) is 0 Å². The first kappa shape index (κ1) is 10.3. The summed E-state index contributed by atoms with van der Waals surface area (Å²) >= 11 is 0. The normalized spacial score (nSPS) is 14.4. The number of carbonyl (C=O) groups is 1. The Morgan fingerprint density at radius 2 is 2.44 bits per heavy atom. The zero-order valence-corrected chi connectivity index (χ0v) is 8.64. The number of amides is 2. The predicted molar refractivity (Wildman–Crippen MR) is 58.3 cm³/mol. The van der Waals surface area contributed by atoms with Crippen LogP contribution in [0.25, 0.3) is 0 Å². The van der Waals surface area contributed by atoms with Crippen molar-refractivity contribution in [3.05, 3.63) is 24.3 Å². The lowest BCUT2D eigenvalue weighted by molar-refractivity contribution is 0.252. The van der Waals surface area contributed by atoms with Crippen molar-refractivity contribution in [1.29, 1.82) is 5.26 Å². The second-order valence-corrected chi connectivity index (χ2v) is 3.33. The molecule has 5 heteroatoms. The number of urea groups is 1. The molecule has 0 aliphatic carbocycles. The van der Waals surface area contributed by atoms with E-state index in [0.717, 1.165) is 5.69 Å². The number of nitrogens with one attached hydrogen (secondary N) is 1. The van der Waals surface area contributed by atoms with Gasteiger partial charge >= 0.3 is 6.03 Å². The fraction of sp³-hybridized carbons (Fsp3) is 0.273. The molecular formula is C11H11N3O2. The first-order valence-corrected chi connectivity index (χ1v) is 4.96. The predicted octanol–water partition coefficient (Wildman–Crippen LogP) is 1.12. The minimum absolute atomic E-state index is 0.00957. The Kier molecular flexibility index (Phi) is 2.92.